The van der Waals surface area contributed by atoms with E-state index in [1.165, 1.54) is 6.42 Å². The Balaban J connectivity index is 3.99. The van der Waals surface area contributed by atoms with E-state index in [4.69, 9.17) is 0 Å². The molecule has 0 aliphatic rings. The molecule has 0 amide bonds. The van der Waals surface area contributed by atoms with Gasteiger partial charge in [0.15, 0.2) is 0 Å². The van der Waals surface area contributed by atoms with Crippen molar-refractivity contribution in [3.05, 3.63) is 0 Å². The van der Waals surface area contributed by atoms with Gasteiger partial charge in [-0.2, -0.15) is 0 Å². The summed E-state index contributed by atoms with van der Waals surface area (Å²) in [5, 5.41) is 3.67. The van der Waals surface area contributed by atoms with Crippen molar-refractivity contribution in [2.24, 2.45) is 0 Å². The zero-order valence-corrected chi connectivity index (χ0v) is 15.3. The molecule has 4 atom stereocenters. The summed E-state index contributed by atoms with van der Waals surface area (Å²) in [6.45, 7) is 11.3. The minimum atomic E-state index is 0.564. The zero-order chi connectivity index (χ0) is 15.9. The highest BCUT2D eigenvalue weighted by atomic mass is 15.2. The number of nitrogens with one attached hydrogen (secondary N) is 1. The summed E-state index contributed by atoms with van der Waals surface area (Å²) in [5.74, 6) is 0. The molecule has 0 aliphatic carbocycles. The Bertz CT molecular complexity index is 243. The molecule has 0 saturated heterocycles. The van der Waals surface area contributed by atoms with Gasteiger partial charge >= 0.3 is 0 Å². The molecule has 0 spiro atoms. The smallest absolute Gasteiger partial charge is 0.0190 e. The highest BCUT2D eigenvalue weighted by Crippen LogP contribution is 2.04. The molecule has 0 saturated carbocycles. The first kappa shape index (κ1) is 19.8. The molecule has 0 rings (SSSR count). The summed E-state index contributed by atoms with van der Waals surface area (Å²) in [7, 11) is 10.8. The summed E-state index contributed by atoms with van der Waals surface area (Å²) >= 11 is 0. The third-order valence-corrected chi connectivity index (χ3v) is 4.52. The number of likely N-dealkylation sites (N-methyl/N-ethyl adjacent to an activating group) is 2. The summed E-state index contributed by atoms with van der Waals surface area (Å²) in [6.07, 6.45) is 1.19. The molecule has 0 aromatic rings. The number of nitrogens with zero attached hydrogens (tertiary/aromatic N) is 3. The Hall–Kier alpha value is -0.160. The Kier molecular flexibility index (Phi) is 9.64. The predicted octanol–water partition coefficient (Wildman–Crippen LogP) is 1.58. The van der Waals surface area contributed by atoms with Crippen LogP contribution in [-0.4, -0.2) is 87.2 Å². The van der Waals surface area contributed by atoms with E-state index < -0.39 is 0 Å². The first-order valence-corrected chi connectivity index (χ1v) is 7.91. The summed E-state index contributed by atoms with van der Waals surface area (Å²) in [6, 6.07) is 2.34. The van der Waals surface area contributed by atoms with Crippen LogP contribution in [0.5, 0.6) is 0 Å². The Morgan fingerprint density at radius 3 is 1.70 bits per heavy atom. The molecule has 0 aromatic carbocycles. The van der Waals surface area contributed by atoms with Gasteiger partial charge in [-0.05, 0) is 69.4 Å². The lowest BCUT2D eigenvalue weighted by Crippen LogP contribution is -2.46. The van der Waals surface area contributed by atoms with Crippen molar-refractivity contribution < 1.29 is 0 Å². The fraction of sp³-hybridized carbons (Fsp3) is 1.00. The standard InChI is InChI=1S/C16H38N4/c1-13(10-14(2)18(5)6)17-11-15(3)20(9)12-16(4)19(7)8/h13-17H,10-12H2,1-9H3. The van der Waals surface area contributed by atoms with Gasteiger partial charge in [0.05, 0.1) is 0 Å². The van der Waals surface area contributed by atoms with E-state index in [0.29, 0.717) is 24.2 Å². The molecule has 0 bridgehead atoms. The van der Waals surface area contributed by atoms with E-state index in [2.05, 4.69) is 82.9 Å². The van der Waals surface area contributed by atoms with Crippen LogP contribution in [0.1, 0.15) is 34.1 Å². The van der Waals surface area contributed by atoms with E-state index in [0.717, 1.165) is 13.1 Å². The Morgan fingerprint density at radius 2 is 1.25 bits per heavy atom. The highest BCUT2D eigenvalue weighted by molar-refractivity contribution is 4.75. The minimum Gasteiger partial charge on any atom is -0.313 e. The molecular formula is C16H38N4. The van der Waals surface area contributed by atoms with Crippen LogP contribution in [0.2, 0.25) is 0 Å². The van der Waals surface area contributed by atoms with E-state index >= 15 is 0 Å². The van der Waals surface area contributed by atoms with E-state index in [9.17, 15) is 0 Å². The molecule has 1 N–H and O–H groups in total. The summed E-state index contributed by atoms with van der Waals surface area (Å²) in [5.41, 5.74) is 0. The minimum absolute atomic E-state index is 0.564. The van der Waals surface area contributed by atoms with Gasteiger partial charge in [-0.3, -0.25) is 0 Å². The maximum Gasteiger partial charge on any atom is 0.0190 e. The van der Waals surface area contributed by atoms with Gasteiger partial charge in [0, 0.05) is 37.3 Å². The zero-order valence-electron chi connectivity index (χ0n) is 15.3. The average Bonchev–Trinajstić information content (AvgIpc) is 2.35. The molecule has 4 unspecified atom stereocenters. The molecule has 0 aromatic heterocycles. The topological polar surface area (TPSA) is 21.8 Å². The van der Waals surface area contributed by atoms with Crippen molar-refractivity contribution in [1.82, 2.24) is 20.0 Å². The van der Waals surface area contributed by atoms with E-state index in [1.54, 1.807) is 0 Å². The van der Waals surface area contributed by atoms with Crippen molar-refractivity contribution in [3.63, 3.8) is 0 Å². The van der Waals surface area contributed by atoms with Crippen LogP contribution in [0.25, 0.3) is 0 Å². The van der Waals surface area contributed by atoms with Crippen molar-refractivity contribution in [1.29, 1.82) is 0 Å². The summed E-state index contributed by atoms with van der Waals surface area (Å²) in [4.78, 5) is 7.00. The fourth-order valence-electron chi connectivity index (χ4n) is 2.09. The van der Waals surface area contributed by atoms with Crippen LogP contribution in [0.4, 0.5) is 0 Å². The molecule has 20 heavy (non-hydrogen) atoms. The third-order valence-electron chi connectivity index (χ3n) is 4.52. The molecule has 0 aliphatic heterocycles. The summed E-state index contributed by atoms with van der Waals surface area (Å²) < 4.78 is 0. The molecule has 0 radical (unpaired) electrons. The van der Waals surface area contributed by atoms with Crippen molar-refractivity contribution in [2.75, 3.05) is 48.3 Å². The second kappa shape index (κ2) is 9.72. The van der Waals surface area contributed by atoms with Crippen molar-refractivity contribution in [3.8, 4) is 0 Å². The SMILES string of the molecule is CC(CC(C)N(C)C)NCC(C)N(C)CC(C)N(C)C. The van der Waals surface area contributed by atoms with Gasteiger partial charge in [0.1, 0.15) is 0 Å². The number of hydrogen-bond donors (Lipinski definition) is 1. The van der Waals surface area contributed by atoms with Crippen molar-refractivity contribution >= 4 is 0 Å². The van der Waals surface area contributed by atoms with Gasteiger partial charge in [0.25, 0.3) is 0 Å². The predicted molar refractivity (Wildman–Crippen MR) is 90.5 cm³/mol. The maximum atomic E-state index is 3.67. The van der Waals surface area contributed by atoms with Gasteiger partial charge in [-0.15, -0.1) is 0 Å². The molecule has 0 fully saturated rings. The van der Waals surface area contributed by atoms with Gasteiger partial charge in [-0.25, -0.2) is 0 Å². The first-order chi connectivity index (χ1) is 9.15. The maximum absolute atomic E-state index is 3.67. The second-order valence-corrected chi connectivity index (χ2v) is 6.96. The lowest BCUT2D eigenvalue weighted by atomic mass is 10.1. The van der Waals surface area contributed by atoms with Crippen LogP contribution in [0.3, 0.4) is 0 Å². The number of rotatable bonds is 10. The Labute approximate surface area is 127 Å². The van der Waals surface area contributed by atoms with Crippen LogP contribution >= 0.6 is 0 Å². The highest BCUT2D eigenvalue weighted by Gasteiger charge is 2.15. The lowest BCUT2D eigenvalue weighted by Gasteiger charge is -2.32. The molecule has 4 nitrogen and oxygen atoms in total. The van der Waals surface area contributed by atoms with Crippen molar-refractivity contribution in [2.45, 2.75) is 58.3 Å². The van der Waals surface area contributed by atoms with Gasteiger partial charge in [-0.1, -0.05) is 0 Å². The van der Waals surface area contributed by atoms with Crippen LogP contribution in [0.15, 0.2) is 0 Å². The first-order valence-electron chi connectivity index (χ1n) is 7.91. The van der Waals surface area contributed by atoms with Crippen LogP contribution in [0, 0.1) is 0 Å². The second-order valence-electron chi connectivity index (χ2n) is 6.96. The average molecular weight is 287 g/mol. The number of hydrogen-bond acceptors (Lipinski definition) is 4. The Morgan fingerprint density at radius 1 is 0.750 bits per heavy atom. The van der Waals surface area contributed by atoms with Crippen LogP contribution in [-0.2, 0) is 0 Å². The molecule has 0 heterocycles. The lowest BCUT2D eigenvalue weighted by molar-refractivity contribution is 0.178. The quantitative estimate of drug-likeness (QED) is 0.658. The van der Waals surface area contributed by atoms with E-state index in [1.807, 2.05) is 0 Å². The third kappa shape index (κ3) is 8.20. The van der Waals surface area contributed by atoms with Gasteiger partial charge < -0.3 is 20.0 Å². The fourth-order valence-corrected chi connectivity index (χ4v) is 2.09. The molecule has 122 valence electrons. The molecular weight excluding hydrogens is 248 g/mol. The monoisotopic (exact) mass is 286 g/mol. The van der Waals surface area contributed by atoms with E-state index in [-0.39, 0.29) is 0 Å². The normalized spacial score (nSPS) is 18.6. The molecule has 4 heteroatoms. The van der Waals surface area contributed by atoms with Gasteiger partial charge in [0.2, 0.25) is 0 Å². The van der Waals surface area contributed by atoms with Crippen LogP contribution < -0.4 is 5.32 Å². The largest absolute Gasteiger partial charge is 0.313 e.